The van der Waals surface area contributed by atoms with Crippen molar-refractivity contribution in [2.75, 3.05) is 19.0 Å². The maximum absolute atomic E-state index is 12.1. The van der Waals surface area contributed by atoms with Gasteiger partial charge < -0.3 is 15.0 Å². The van der Waals surface area contributed by atoms with Crippen LogP contribution in [0.4, 0.5) is 5.69 Å². The van der Waals surface area contributed by atoms with Crippen molar-refractivity contribution in [3.63, 3.8) is 0 Å². The van der Waals surface area contributed by atoms with E-state index in [0.29, 0.717) is 23.1 Å². The van der Waals surface area contributed by atoms with E-state index in [1.54, 1.807) is 38.7 Å². The fourth-order valence-corrected chi connectivity index (χ4v) is 2.44. The van der Waals surface area contributed by atoms with Gasteiger partial charge in [-0.2, -0.15) is 0 Å². The summed E-state index contributed by atoms with van der Waals surface area (Å²) < 4.78 is 22.8. The van der Waals surface area contributed by atoms with Gasteiger partial charge in [-0.05, 0) is 26.0 Å². The van der Waals surface area contributed by atoms with E-state index in [2.05, 4.69) is 0 Å². The summed E-state index contributed by atoms with van der Waals surface area (Å²) in [6.07, 6.45) is 0. The second-order valence-electron chi connectivity index (χ2n) is 3.73. The second kappa shape index (κ2) is 5.76. The molecule has 1 aromatic carbocycles. The molecule has 2 N–H and O–H groups in total. The topological polar surface area (TPSA) is 61.5 Å². The summed E-state index contributed by atoms with van der Waals surface area (Å²) >= 11 is 5.96. The van der Waals surface area contributed by atoms with Crippen molar-refractivity contribution in [2.45, 2.75) is 19.7 Å². The molecule has 4 nitrogen and oxygen atoms in total. The van der Waals surface area contributed by atoms with Gasteiger partial charge in [0.25, 0.3) is 0 Å². The highest BCUT2D eigenvalue weighted by atomic mass is 35.5. The molecule has 0 fully saturated rings. The Labute approximate surface area is 107 Å². The van der Waals surface area contributed by atoms with Gasteiger partial charge in [-0.25, -0.2) is 0 Å². The molecule has 2 unspecified atom stereocenters. The Hall–Kier alpha value is -0.700. The molecule has 0 aliphatic carbocycles. The smallest absolute Gasteiger partial charge is 0.239 e. The summed E-state index contributed by atoms with van der Waals surface area (Å²) in [5.41, 5.74) is 6.17. The zero-order valence-electron chi connectivity index (χ0n) is 10.1. The van der Waals surface area contributed by atoms with Crippen molar-refractivity contribution in [3.8, 4) is 5.75 Å². The fourth-order valence-electron chi connectivity index (χ4n) is 1.25. The summed E-state index contributed by atoms with van der Waals surface area (Å²) in [6.45, 7) is 5.40. The molecule has 0 aromatic heterocycles. The third-order valence-electron chi connectivity index (χ3n) is 2.30. The van der Waals surface area contributed by atoms with Gasteiger partial charge in [-0.15, -0.1) is 0 Å². The average Bonchev–Trinajstić information content (AvgIpc) is 2.23. The SMILES string of the molecule is CCOP(C)(=O)C(C)Oc1cc(N)ccc1Cl. The lowest BCUT2D eigenvalue weighted by Crippen LogP contribution is -2.14. The minimum absolute atomic E-state index is 0.381. The summed E-state index contributed by atoms with van der Waals surface area (Å²) in [4.78, 5) is 0. The normalized spacial score (nSPS) is 16.2. The first kappa shape index (κ1) is 14.4. The molecule has 0 saturated carbocycles. The number of hydrogen-bond donors (Lipinski definition) is 1. The summed E-state index contributed by atoms with van der Waals surface area (Å²) in [5, 5.41) is 0.433. The van der Waals surface area contributed by atoms with E-state index < -0.39 is 13.2 Å². The minimum Gasteiger partial charge on any atom is -0.479 e. The number of halogens is 1. The molecule has 0 heterocycles. The highest BCUT2D eigenvalue weighted by molar-refractivity contribution is 7.58. The van der Waals surface area contributed by atoms with Gasteiger partial charge in [0.1, 0.15) is 5.75 Å². The Balaban J connectivity index is 2.84. The van der Waals surface area contributed by atoms with Crippen molar-refractivity contribution in [2.24, 2.45) is 0 Å². The van der Waals surface area contributed by atoms with Crippen LogP contribution in [0.5, 0.6) is 5.75 Å². The van der Waals surface area contributed by atoms with Crippen LogP contribution in [-0.2, 0) is 9.09 Å². The van der Waals surface area contributed by atoms with Crippen LogP contribution in [-0.4, -0.2) is 19.1 Å². The molecule has 96 valence electrons. The highest BCUT2D eigenvalue weighted by Gasteiger charge is 2.27. The van der Waals surface area contributed by atoms with Gasteiger partial charge >= 0.3 is 0 Å². The van der Waals surface area contributed by atoms with Crippen molar-refractivity contribution >= 4 is 24.7 Å². The van der Waals surface area contributed by atoms with Crippen LogP contribution >= 0.6 is 19.0 Å². The molecule has 0 aliphatic heterocycles. The lowest BCUT2D eigenvalue weighted by Gasteiger charge is -2.22. The molecule has 0 amide bonds. The van der Waals surface area contributed by atoms with Gasteiger partial charge in [0.2, 0.25) is 7.37 Å². The largest absolute Gasteiger partial charge is 0.479 e. The quantitative estimate of drug-likeness (QED) is 0.660. The molecule has 0 radical (unpaired) electrons. The van der Waals surface area contributed by atoms with Gasteiger partial charge in [0.05, 0.1) is 11.6 Å². The number of benzene rings is 1. The van der Waals surface area contributed by atoms with Crippen molar-refractivity contribution < 1.29 is 13.8 Å². The summed E-state index contributed by atoms with van der Waals surface area (Å²) in [7, 11) is -2.81. The number of nitrogen functional groups attached to an aromatic ring is 1. The van der Waals surface area contributed by atoms with Crippen LogP contribution in [0.1, 0.15) is 13.8 Å². The van der Waals surface area contributed by atoms with E-state index >= 15 is 0 Å². The third-order valence-corrected chi connectivity index (χ3v) is 4.81. The fraction of sp³-hybridized carbons (Fsp3) is 0.455. The Morgan fingerprint density at radius 1 is 1.53 bits per heavy atom. The maximum Gasteiger partial charge on any atom is 0.239 e. The van der Waals surface area contributed by atoms with Crippen molar-refractivity contribution in [3.05, 3.63) is 23.2 Å². The summed E-state index contributed by atoms with van der Waals surface area (Å²) in [6, 6.07) is 4.92. The first-order valence-corrected chi connectivity index (χ1v) is 7.82. The molecule has 0 aliphatic rings. The molecule has 1 rings (SSSR count). The predicted octanol–water partition coefficient (Wildman–Crippen LogP) is 3.59. The molecule has 0 saturated heterocycles. The molecular weight excluding hydrogens is 261 g/mol. The highest BCUT2D eigenvalue weighted by Crippen LogP contribution is 2.48. The number of nitrogens with two attached hydrogens (primary N) is 1. The molecular formula is C11H17ClNO3P. The standard InChI is InChI=1S/C11H17ClNO3P/c1-4-15-17(3,14)8(2)16-11-7-9(13)5-6-10(11)12/h5-8H,4,13H2,1-3H3. The lowest BCUT2D eigenvalue weighted by molar-refractivity contribution is 0.246. The van der Waals surface area contributed by atoms with Crippen LogP contribution in [0, 0.1) is 0 Å². The molecule has 6 heteroatoms. The first-order valence-electron chi connectivity index (χ1n) is 5.30. The van der Waals surface area contributed by atoms with Crippen molar-refractivity contribution in [1.82, 2.24) is 0 Å². The van der Waals surface area contributed by atoms with Crippen LogP contribution in [0.25, 0.3) is 0 Å². The predicted molar refractivity (Wildman–Crippen MR) is 71.1 cm³/mol. The number of hydrogen-bond acceptors (Lipinski definition) is 4. The third kappa shape index (κ3) is 3.91. The Morgan fingerprint density at radius 3 is 2.76 bits per heavy atom. The van der Waals surface area contributed by atoms with Crippen LogP contribution in [0.15, 0.2) is 18.2 Å². The monoisotopic (exact) mass is 277 g/mol. The van der Waals surface area contributed by atoms with E-state index in [4.69, 9.17) is 26.6 Å². The molecule has 0 bridgehead atoms. The minimum atomic E-state index is -2.81. The van der Waals surface area contributed by atoms with Crippen LogP contribution in [0.3, 0.4) is 0 Å². The van der Waals surface area contributed by atoms with Crippen molar-refractivity contribution in [1.29, 1.82) is 0 Å². The van der Waals surface area contributed by atoms with Crippen LogP contribution in [0.2, 0.25) is 5.02 Å². The summed E-state index contributed by atoms with van der Waals surface area (Å²) in [5.74, 6) is -0.150. The Kier molecular flexibility index (Phi) is 4.87. The van der Waals surface area contributed by atoms with E-state index in [1.165, 1.54) is 0 Å². The number of ether oxygens (including phenoxy) is 1. The number of rotatable bonds is 5. The van der Waals surface area contributed by atoms with Gasteiger partial charge in [-0.1, -0.05) is 11.6 Å². The zero-order chi connectivity index (χ0) is 13.1. The van der Waals surface area contributed by atoms with E-state index in [9.17, 15) is 4.57 Å². The maximum atomic E-state index is 12.1. The molecule has 1 aromatic rings. The molecule has 17 heavy (non-hydrogen) atoms. The lowest BCUT2D eigenvalue weighted by atomic mass is 10.3. The van der Waals surface area contributed by atoms with Gasteiger partial charge in [-0.3, -0.25) is 4.57 Å². The Bertz CT molecular complexity index is 439. The molecule has 2 atom stereocenters. The second-order valence-corrected chi connectivity index (χ2v) is 6.94. The van der Waals surface area contributed by atoms with E-state index in [0.717, 1.165) is 0 Å². The Morgan fingerprint density at radius 2 is 2.18 bits per heavy atom. The number of anilines is 1. The van der Waals surface area contributed by atoms with Gasteiger partial charge in [0.15, 0.2) is 5.85 Å². The zero-order valence-corrected chi connectivity index (χ0v) is 11.8. The average molecular weight is 278 g/mol. The van der Waals surface area contributed by atoms with Gasteiger partial charge in [0, 0.05) is 18.4 Å². The van der Waals surface area contributed by atoms with E-state index in [-0.39, 0.29) is 0 Å². The first-order chi connectivity index (χ1) is 7.86. The van der Waals surface area contributed by atoms with Crippen LogP contribution < -0.4 is 10.5 Å². The molecule has 0 spiro atoms. The van der Waals surface area contributed by atoms with E-state index in [1.807, 2.05) is 0 Å².